The van der Waals surface area contributed by atoms with Crippen LogP contribution in [-0.2, 0) is 9.59 Å². The molecule has 0 unspecified atom stereocenters. The van der Waals surface area contributed by atoms with Gasteiger partial charge in [-0.15, -0.1) is 0 Å². The molecule has 7 heteroatoms. The summed E-state index contributed by atoms with van der Waals surface area (Å²) in [7, 11) is 3.04. The van der Waals surface area contributed by atoms with Crippen molar-refractivity contribution < 1.29 is 19.1 Å². The van der Waals surface area contributed by atoms with E-state index in [1.165, 1.54) is 13.2 Å². The summed E-state index contributed by atoms with van der Waals surface area (Å²) < 4.78 is 10.6. The lowest BCUT2D eigenvalue weighted by atomic mass is 10.0. The fourth-order valence-corrected chi connectivity index (χ4v) is 3.80. The summed E-state index contributed by atoms with van der Waals surface area (Å²) in [5.74, 6) is 0.0678. The maximum Gasteiger partial charge on any atom is 0.282 e. The van der Waals surface area contributed by atoms with E-state index in [0.29, 0.717) is 33.5 Å². The molecule has 6 nitrogen and oxygen atoms in total. The summed E-state index contributed by atoms with van der Waals surface area (Å²) in [6.45, 7) is 1.96. The van der Waals surface area contributed by atoms with E-state index < -0.39 is 11.8 Å². The second kappa shape index (κ2) is 8.77. The summed E-state index contributed by atoms with van der Waals surface area (Å²) in [6, 6.07) is 19.4. The number of hydrogen-bond donors (Lipinski definition) is 1. The highest BCUT2D eigenvalue weighted by atomic mass is 35.5. The normalized spacial score (nSPS) is 13.6. The van der Waals surface area contributed by atoms with Crippen LogP contribution in [-0.4, -0.2) is 26.0 Å². The summed E-state index contributed by atoms with van der Waals surface area (Å²) in [5, 5.41) is 3.43. The molecule has 0 spiro atoms. The number of anilines is 2. The van der Waals surface area contributed by atoms with Crippen molar-refractivity contribution in [2.24, 2.45) is 0 Å². The second-order valence-electron chi connectivity index (χ2n) is 7.21. The average Bonchev–Trinajstić information content (AvgIpc) is 3.04. The number of methoxy groups -OCH3 is 2. The van der Waals surface area contributed by atoms with Gasteiger partial charge in [-0.2, -0.15) is 0 Å². The number of aryl methyl sites for hydroxylation is 1. The fraction of sp³-hybridized carbons (Fsp3) is 0.120. The Morgan fingerprint density at radius 1 is 0.844 bits per heavy atom. The highest BCUT2D eigenvalue weighted by molar-refractivity contribution is 6.46. The molecule has 0 atom stereocenters. The molecule has 4 rings (SSSR count). The smallest absolute Gasteiger partial charge is 0.282 e. The number of rotatable bonds is 6. The number of benzene rings is 3. The van der Waals surface area contributed by atoms with Gasteiger partial charge in [0.05, 0.1) is 36.2 Å². The summed E-state index contributed by atoms with van der Waals surface area (Å²) in [4.78, 5) is 28.1. The summed E-state index contributed by atoms with van der Waals surface area (Å²) >= 11 is 6.26. The number of imide groups is 1. The molecule has 0 bridgehead atoms. The first kappa shape index (κ1) is 21.5. The molecular formula is C25H21ClN2O4. The van der Waals surface area contributed by atoms with Crippen LogP contribution in [0.25, 0.3) is 5.57 Å². The Hall–Kier alpha value is -3.77. The van der Waals surface area contributed by atoms with Gasteiger partial charge in [0, 0.05) is 0 Å². The number of nitrogens with one attached hydrogen (secondary N) is 1. The Morgan fingerprint density at radius 3 is 2.19 bits per heavy atom. The lowest BCUT2D eigenvalue weighted by molar-refractivity contribution is -0.120. The fourth-order valence-electron chi connectivity index (χ4n) is 3.55. The van der Waals surface area contributed by atoms with Crippen molar-refractivity contribution in [3.8, 4) is 11.5 Å². The number of para-hydroxylation sites is 2. The van der Waals surface area contributed by atoms with Crippen molar-refractivity contribution in [2.75, 3.05) is 24.4 Å². The van der Waals surface area contributed by atoms with Gasteiger partial charge >= 0.3 is 0 Å². The predicted molar refractivity (Wildman–Crippen MR) is 125 cm³/mol. The van der Waals surface area contributed by atoms with Gasteiger partial charge in [-0.25, -0.2) is 4.90 Å². The molecule has 3 aromatic carbocycles. The number of nitrogens with zero attached hydrogens (tertiary/aromatic N) is 1. The third-order valence-electron chi connectivity index (χ3n) is 5.18. The highest BCUT2D eigenvalue weighted by Crippen LogP contribution is 2.37. The van der Waals surface area contributed by atoms with Crippen molar-refractivity contribution in [3.63, 3.8) is 0 Å². The molecule has 0 aliphatic carbocycles. The summed E-state index contributed by atoms with van der Waals surface area (Å²) in [6.07, 6.45) is 0. The molecule has 1 heterocycles. The third kappa shape index (κ3) is 3.81. The van der Waals surface area contributed by atoms with Gasteiger partial charge in [0.2, 0.25) is 0 Å². The van der Waals surface area contributed by atoms with Crippen molar-refractivity contribution in [1.82, 2.24) is 0 Å². The van der Waals surface area contributed by atoms with Gasteiger partial charge in [0.15, 0.2) is 0 Å². The molecule has 0 radical (unpaired) electrons. The quantitative estimate of drug-likeness (QED) is 0.534. The number of hydrogen-bond acceptors (Lipinski definition) is 5. The highest BCUT2D eigenvalue weighted by Gasteiger charge is 2.40. The molecule has 1 aliphatic heterocycles. The first-order chi connectivity index (χ1) is 15.4. The van der Waals surface area contributed by atoms with Crippen LogP contribution < -0.4 is 19.7 Å². The zero-order valence-corrected chi connectivity index (χ0v) is 18.6. The van der Waals surface area contributed by atoms with Crippen LogP contribution in [0.15, 0.2) is 72.4 Å². The topological polar surface area (TPSA) is 67.9 Å². The van der Waals surface area contributed by atoms with Crippen LogP contribution in [0.1, 0.15) is 11.1 Å². The first-order valence-electron chi connectivity index (χ1n) is 9.88. The van der Waals surface area contributed by atoms with Crippen molar-refractivity contribution in [3.05, 3.63) is 88.6 Å². The van der Waals surface area contributed by atoms with Crippen LogP contribution in [0.5, 0.6) is 11.5 Å². The van der Waals surface area contributed by atoms with Crippen LogP contribution in [0.3, 0.4) is 0 Å². The van der Waals surface area contributed by atoms with Crippen LogP contribution in [0.2, 0.25) is 5.02 Å². The molecule has 0 saturated carbocycles. The minimum Gasteiger partial charge on any atom is -0.495 e. The van der Waals surface area contributed by atoms with E-state index in [9.17, 15) is 9.59 Å². The maximum absolute atomic E-state index is 13.5. The minimum atomic E-state index is -0.488. The molecule has 2 amide bonds. The lowest BCUT2D eigenvalue weighted by Crippen LogP contribution is -2.32. The molecule has 1 N–H and O–H groups in total. The number of halogens is 1. The maximum atomic E-state index is 13.5. The monoisotopic (exact) mass is 448 g/mol. The van der Waals surface area contributed by atoms with E-state index in [-0.39, 0.29) is 11.3 Å². The molecule has 3 aromatic rings. The zero-order valence-electron chi connectivity index (χ0n) is 17.8. The molecule has 1 aliphatic rings. The van der Waals surface area contributed by atoms with Gasteiger partial charge in [0.1, 0.15) is 17.2 Å². The Kier molecular flexibility index (Phi) is 5.88. The molecule has 162 valence electrons. The van der Waals surface area contributed by atoms with Crippen molar-refractivity contribution in [2.45, 2.75) is 6.92 Å². The van der Waals surface area contributed by atoms with E-state index in [4.69, 9.17) is 21.1 Å². The molecule has 32 heavy (non-hydrogen) atoms. The van der Waals surface area contributed by atoms with Gasteiger partial charge in [-0.05, 0) is 42.8 Å². The Bertz CT molecular complexity index is 1230. The lowest BCUT2D eigenvalue weighted by Gasteiger charge is -2.17. The Morgan fingerprint density at radius 2 is 1.53 bits per heavy atom. The van der Waals surface area contributed by atoms with Gasteiger partial charge in [-0.3, -0.25) is 9.59 Å². The largest absolute Gasteiger partial charge is 0.495 e. The predicted octanol–water partition coefficient (Wildman–Crippen LogP) is 5.06. The first-order valence-corrected chi connectivity index (χ1v) is 10.3. The molecule has 0 aromatic heterocycles. The van der Waals surface area contributed by atoms with Crippen molar-refractivity contribution in [1.29, 1.82) is 0 Å². The van der Waals surface area contributed by atoms with Crippen LogP contribution in [0, 0.1) is 6.92 Å². The standard InChI is InChI=1S/C25H21ClN2O4/c1-15-8-10-16(11-9-15)22-23(27-19-6-4-5-7-21(19)32-3)25(30)28(24(22)29)17-12-13-20(31-2)18(26)14-17/h4-14,27H,1-3H3. The van der Waals surface area contributed by atoms with Gasteiger partial charge in [0.25, 0.3) is 11.8 Å². The summed E-state index contributed by atoms with van der Waals surface area (Å²) in [5.41, 5.74) is 3.04. The van der Waals surface area contributed by atoms with E-state index in [1.807, 2.05) is 43.3 Å². The van der Waals surface area contributed by atoms with Crippen molar-refractivity contribution >= 4 is 40.4 Å². The van der Waals surface area contributed by atoms with E-state index in [2.05, 4.69) is 5.32 Å². The van der Waals surface area contributed by atoms with E-state index in [1.54, 1.807) is 31.4 Å². The number of amides is 2. The Labute approximate surface area is 191 Å². The molecule has 0 saturated heterocycles. The molecule has 0 fully saturated rings. The zero-order chi connectivity index (χ0) is 22.8. The second-order valence-corrected chi connectivity index (χ2v) is 7.61. The SMILES string of the molecule is COc1ccc(N2C(=O)C(Nc3ccccc3OC)=C(c3ccc(C)cc3)C2=O)cc1Cl. The minimum absolute atomic E-state index is 0.162. The van der Waals surface area contributed by atoms with E-state index in [0.717, 1.165) is 10.5 Å². The number of carbonyl (C=O) groups is 2. The van der Waals surface area contributed by atoms with E-state index >= 15 is 0 Å². The number of ether oxygens (including phenoxy) is 2. The third-order valence-corrected chi connectivity index (χ3v) is 5.48. The van der Waals surface area contributed by atoms with Crippen LogP contribution in [0.4, 0.5) is 11.4 Å². The van der Waals surface area contributed by atoms with Gasteiger partial charge in [-0.1, -0.05) is 53.6 Å². The molecular weight excluding hydrogens is 428 g/mol. The average molecular weight is 449 g/mol. The number of carbonyl (C=O) groups excluding carboxylic acids is 2. The Balaban J connectivity index is 1.83. The van der Waals surface area contributed by atoms with Gasteiger partial charge < -0.3 is 14.8 Å². The van der Waals surface area contributed by atoms with Crippen LogP contribution >= 0.6 is 11.6 Å².